The van der Waals surface area contributed by atoms with Gasteiger partial charge in [-0.05, 0) is 41.8 Å². The molecule has 2 fully saturated rings. The van der Waals surface area contributed by atoms with E-state index in [9.17, 15) is 9.18 Å². The highest BCUT2D eigenvalue weighted by Crippen LogP contribution is 2.27. The SMILES string of the molecule is COc1ccc(C2CC(C(=O)N3CCOC(c4ccc(F)cc4)C3)NN2)cc1. The van der Waals surface area contributed by atoms with Gasteiger partial charge >= 0.3 is 0 Å². The summed E-state index contributed by atoms with van der Waals surface area (Å²) >= 11 is 0. The maximum Gasteiger partial charge on any atom is 0.241 e. The van der Waals surface area contributed by atoms with Crippen LogP contribution in [0.25, 0.3) is 0 Å². The van der Waals surface area contributed by atoms with E-state index in [2.05, 4.69) is 10.9 Å². The largest absolute Gasteiger partial charge is 0.497 e. The highest BCUT2D eigenvalue weighted by atomic mass is 19.1. The fraction of sp³-hybridized carbons (Fsp3) is 0.381. The fourth-order valence-electron chi connectivity index (χ4n) is 3.72. The molecule has 2 aromatic carbocycles. The number of carbonyl (C=O) groups is 1. The molecule has 28 heavy (non-hydrogen) atoms. The first-order valence-electron chi connectivity index (χ1n) is 9.45. The number of halogens is 1. The van der Waals surface area contributed by atoms with Crippen LogP contribution in [0.2, 0.25) is 0 Å². The molecule has 2 heterocycles. The van der Waals surface area contributed by atoms with Crippen molar-refractivity contribution in [2.75, 3.05) is 26.8 Å². The highest BCUT2D eigenvalue weighted by Gasteiger charge is 2.35. The topological polar surface area (TPSA) is 62.8 Å². The normalized spacial score (nSPS) is 24.9. The van der Waals surface area contributed by atoms with E-state index in [0.29, 0.717) is 26.1 Å². The number of amides is 1. The number of hydrazine groups is 1. The minimum atomic E-state index is -0.293. The fourth-order valence-corrected chi connectivity index (χ4v) is 3.72. The van der Waals surface area contributed by atoms with Gasteiger partial charge < -0.3 is 14.4 Å². The van der Waals surface area contributed by atoms with Crippen molar-refractivity contribution in [2.24, 2.45) is 0 Å². The summed E-state index contributed by atoms with van der Waals surface area (Å²) in [7, 11) is 1.64. The molecule has 0 bridgehead atoms. The average molecular weight is 385 g/mol. The smallest absolute Gasteiger partial charge is 0.241 e. The predicted molar refractivity (Wildman–Crippen MR) is 102 cm³/mol. The minimum Gasteiger partial charge on any atom is -0.497 e. The van der Waals surface area contributed by atoms with Crippen LogP contribution < -0.4 is 15.6 Å². The van der Waals surface area contributed by atoms with Crippen LogP contribution in [0.4, 0.5) is 4.39 Å². The first-order valence-corrected chi connectivity index (χ1v) is 9.45. The van der Waals surface area contributed by atoms with Gasteiger partial charge in [-0.1, -0.05) is 24.3 Å². The first-order chi connectivity index (χ1) is 13.6. The van der Waals surface area contributed by atoms with E-state index in [1.165, 1.54) is 12.1 Å². The van der Waals surface area contributed by atoms with Crippen LogP contribution in [0, 0.1) is 5.82 Å². The Hall–Kier alpha value is -2.48. The second-order valence-electron chi connectivity index (χ2n) is 7.10. The molecule has 0 radical (unpaired) electrons. The molecule has 0 spiro atoms. The second-order valence-corrected chi connectivity index (χ2v) is 7.10. The number of nitrogens with one attached hydrogen (secondary N) is 2. The van der Waals surface area contributed by atoms with Gasteiger partial charge in [-0.15, -0.1) is 0 Å². The highest BCUT2D eigenvalue weighted by molar-refractivity contribution is 5.82. The molecule has 2 aliphatic heterocycles. The summed E-state index contributed by atoms with van der Waals surface area (Å²) < 4.78 is 24.1. The molecule has 0 aromatic heterocycles. The Kier molecular flexibility index (Phi) is 5.57. The maximum atomic E-state index is 13.2. The van der Waals surface area contributed by atoms with Crippen LogP contribution in [-0.4, -0.2) is 43.7 Å². The molecule has 1 amide bonds. The third-order valence-electron chi connectivity index (χ3n) is 5.34. The average Bonchev–Trinajstić information content (AvgIpc) is 3.24. The number of methoxy groups -OCH3 is 1. The zero-order valence-corrected chi connectivity index (χ0v) is 15.7. The Labute approximate surface area is 163 Å². The van der Waals surface area contributed by atoms with E-state index >= 15 is 0 Å². The molecule has 148 valence electrons. The van der Waals surface area contributed by atoms with Crippen molar-refractivity contribution in [3.05, 3.63) is 65.5 Å². The van der Waals surface area contributed by atoms with Gasteiger partial charge in [0.15, 0.2) is 0 Å². The van der Waals surface area contributed by atoms with E-state index in [0.717, 1.165) is 16.9 Å². The van der Waals surface area contributed by atoms with Crippen LogP contribution in [0.15, 0.2) is 48.5 Å². The van der Waals surface area contributed by atoms with Crippen molar-refractivity contribution in [3.8, 4) is 5.75 Å². The molecule has 4 rings (SSSR count). The summed E-state index contributed by atoms with van der Waals surface area (Å²) in [5.41, 5.74) is 8.34. The zero-order chi connectivity index (χ0) is 19.5. The first kappa shape index (κ1) is 18.9. The van der Waals surface area contributed by atoms with Crippen molar-refractivity contribution in [1.29, 1.82) is 0 Å². The van der Waals surface area contributed by atoms with E-state index in [4.69, 9.17) is 9.47 Å². The molecule has 0 aliphatic carbocycles. The lowest BCUT2D eigenvalue weighted by Gasteiger charge is -2.34. The lowest BCUT2D eigenvalue weighted by molar-refractivity contribution is -0.141. The van der Waals surface area contributed by atoms with E-state index in [1.54, 1.807) is 19.2 Å². The van der Waals surface area contributed by atoms with Gasteiger partial charge in [-0.3, -0.25) is 4.79 Å². The molecule has 2 aliphatic rings. The third-order valence-corrected chi connectivity index (χ3v) is 5.34. The van der Waals surface area contributed by atoms with Crippen molar-refractivity contribution >= 4 is 5.91 Å². The van der Waals surface area contributed by atoms with Gasteiger partial charge in [0.05, 0.1) is 20.3 Å². The van der Waals surface area contributed by atoms with E-state index < -0.39 is 0 Å². The van der Waals surface area contributed by atoms with Crippen LogP contribution in [0.5, 0.6) is 5.75 Å². The molecule has 3 unspecified atom stereocenters. The summed E-state index contributed by atoms with van der Waals surface area (Å²) in [5.74, 6) is 0.583. The molecular weight excluding hydrogens is 361 g/mol. The van der Waals surface area contributed by atoms with Crippen LogP contribution in [-0.2, 0) is 9.53 Å². The number of morpholine rings is 1. The Balaban J connectivity index is 1.38. The lowest BCUT2D eigenvalue weighted by atomic mass is 10.0. The van der Waals surface area contributed by atoms with Crippen molar-refractivity contribution in [2.45, 2.75) is 24.6 Å². The number of hydrogen-bond acceptors (Lipinski definition) is 5. The predicted octanol–water partition coefficient (Wildman–Crippen LogP) is 2.34. The molecule has 6 nitrogen and oxygen atoms in total. The number of benzene rings is 2. The van der Waals surface area contributed by atoms with E-state index in [-0.39, 0.29) is 29.9 Å². The lowest BCUT2D eigenvalue weighted by Crippen LogP contribution is -2.50. The molecule has 3 atom stereocenters. The zero-order valence-electron chi connectivity index (χ0n) is 15.7. The number of hydrogen-bond donors (Lipinski definition) is 2. The van der Waals surface area contributed by atoms with Crippen LogP contribution in [0.1, 0.15) is 29.7 Å². The van der Waals surface area contributed by atoms with Gasteiger partial charge in [0.1, 0.15) is 23.7 Å². The number of rotatable bonds is 4. The number of ether oxygens (including phenoxy) is 2. The van der Waals surface area contributed by atoms with Gasteiger partial charge in [-0.2, -0.15) is 0 Å². The van der Waals surface area contributed by atoms with Gasteiger partial charge in [-0.25, -0.2) is 15.2 Å². The summed E-state index contributed by atoms with van der Waals surface area (Å²) in [6.45, 7) is 1.49. The monoisotopic (exact) mass is 385 g/mol. The van der Waals surface area contributed by atoms with Crippen molar-refractivity contribution in [1.82, 2.24) is 15.8 Å². The molecular formula is C21H24FN3O3. The molecule has 2 saturated heterocycles. The second kappa shape index (κ2) is 8.26. The standard InChI is InChI=1S/C21H24FN3O3/c1-27-17-8-4-14(5-9-17)18-12-19(24-23-18)21(26)25-10-11-28-20(13-25)15-2-6-16(22)7-3-15/h2-9,18-20,23-24H,10-13H2,1H3. The summed E-state index contributed by atoms with van der Waals surface area (Å²) in [5, 5.41) is 0. The summed E-state index contributed by atoms with van der Waals surface area (Å²) in [4.78, 5) is 14.8. The number of carbonyl (C=O) groups excluding carboxylic acids is 1. The van der Waals surface area contributed by atoms with Gasteiger partial charge in [0, 0.05) is 12.6 Å². The molecule has 0 saturated carbocycles. The maximum absolute atomic E-state index is 13.2. The molecule has 2 aromatic rings. The van der Waals surface area contributed by atoms with Gasteiger partial charge in [0.25, 0.3) is 0 Å². The van der Waals surface area contributed by atoms with Crippen LogP contribution >= 0.6 is 0 Å². The molecule has 2 N–H and O–H groups in total. The number of nitrogens with zero attached hydrogens (tertiary/aromatic N) is 1. The van der Waals surface area contributed by atoms with Crippen LogP contribution in [0.3, 0.4) is 0 Å². The Morgan fingerprint density at radius 1 is 1.11 bits per heavy atom. The molecule has 7 heteroatoms. The Morgan fingerprint density at radius 3 is 2.54 bits per heavy atom. The van der Waals surface area contributed by atoms with Crippen molar-refractivity contribution in [3.63, 3.8) is 0 Å². The summed E-state index contributed by atoms with van der Waals surface area (Å²) in [6.07, 6.45) is 0.439. The van der Waals surface area contributed by atoms with Gasteiger partial charge in [0.2, 0.25) is 5.91 Å². The van der Waals surface area contributed by atoms with Crippen molar-refractivity contribution < 1.29 is 18.7 Å². The quantitative estimate of drug-likeness (QED) is 0.846. The summed E-state index contributed by atoms with van der Waals surface area (Å²) in [6, 6.07) is 13.9. The third kappa shape index (κ3) is 4.01. The Bertz CT molecular complexity index is 813. The minimum absolute atomic E-state index is 0.0546. The Morgan fingerprint density at radius 2 is 1.82 bits per heavy atom. The van der Waals surface area contributed by atoms with E-state index in [1.807, 2.05) is 29.2 Å².